The first kappa shape index (κ1) is 18.9. The van der Waals surface area contributed by atoms with Crippen molar-refractivity contribution in [3.05, 3.63) is 82.0 Å². The van der Waals surface area contributed by atoms with Crippen LogP contribution in [0.4, 0.5) is 10.8 Å². The highest BCUT2D eigenvalue weighted by Crippen LogP contribution is 2.36. The van der Waals surface area contributed by atoms with Gasteiger partial charge < -0.3 is 10.1 Å². The van der Waals surface area contributed by atoms with E-state index in [1.807, 2.05) is 60.7 Å². The lowest BCUT2D eigenvalue weighted by Crippen LogP contribution is -1.98. The molecule has 1 N–H and O–H groups in total. The van der Waals surface area contributed by atoms with E-state index in [9.17, 15) is 0 Å². The van der Waals surface area contributed by atoms with Crippen molar-refractivity contribution in [2.24, 2.45) is 0 Å². The van der Waals surface area contributed by atoms with Gasteiger partial charge in [0.15, 0.2) is 5.01 Å². The van der Waals surface area contributed by atoms with Crippen molar-refractivity contribution < 1.29 is 4.74 Å². The van der Waals surface area contributed by atoms with Crippen LogP contribution in [-0.4, -0.2) is 15.2 Å². The fourth-order valence-corrected chi connectivity index (χ4v) is 3.74. The van der Waals surface area contributed by atoms with Gasteiger partial charge in [-0.15, -0.1) is 10.2 Å². The quantitative estimate of drug-likeness (QED) is 0.354. The third-order valence-corrected chi connectivity index (χ3v) is 5.41. The number of ether oxygens (including phenoxy) is 1. The van der Waals surface area contributed by atoms with E-state index in [0.29, 0.717) is 16.8 Å². The topological polar surface area (TPSA) is 59.9 Å². The Kier molecular flexibility index (Phi) is 5.85. The Labute approximate surface area is 179 Å². The van der Waals surface area contributed by atoms with Gasteiger partial charge in [0.25, 0.3) is 0 Å². The number of rotatable bonds is 6. The van der Waals surface area contributed by atoms with Gasteiger partial charge in [-0.05, 0) is 54.6 Å². The SMILES string of the molecule is Clc1ccc(Nc2nnc(-c3cc(Br)ccc3OCc3ccccn3)s2)cc1. The maximum Gasteiger partial charge on any atom is 0.210 e. The smallest absolute Gasteiger partial charge is 0.210 e. The molecule has 0 aliphatic rings. The van der Waals surface area contributed by atoms with Gasteiger partial charge in [0.05, 0.1) is 11.3 Å². The molecule has 2 heterocycles. The molecule has 5 nitrogen and oxygen atoms in total. The number of benzene rings is 2. The Hall–Kier alpha value is -2.48. The van der Waals surface area contributed by atoms with E-state index in [1.165, 1.54) is 11.3 Å². The number of anilines is 2. The second-order valence-corrected chi connectivity index (χ2v) is 8.12. The summed E-state index contributed by atoms with van der Waals surface area (Å²) in [7, 11) is 0. The summed E-state index contributed by atoms with van der Waals surface area (Å²) in [4.78, 5) is 4.29. The minimum Gasteiger partial charge on any atom is -0.487 e. The van der Waals surface area contributed by atoms with Crippen LogP contribution < -0.4 is 10.1 Å². The van der Waals surface area contributed by atoms with Crippen LogP contribution in [0.25, 0.3) is 10.6 Å². The van der Waals surface area contributed by atoms with Crippen LogP contribution in [0.3, 0.4) is 0 Å². The molecule has 0 bridgehead atoms. The summed E-state index contributed by atoms with van der Waals surface area (Å²) in [6.07, 6.45) is 1.75. The molecule has 0 aliphatic heterocycles. The Bertz CT molecular complexity index is 1070. The van der Waals surface area contributed by atoms with Crippen LogP contribution in [-0.2, 0) is 6.61 Å². The van der Waals surface area contributed by atoms with E-state index in [2.05, 4.69) is 36.4 Å². The molecule has 2 aromatic heterocycles. The molecule has 140 valence electrons. The number of pyridine rings is 1. The summed E-state index contributed by atoms with van der Waals surface area (Å²) in [5.41, 5.74) is 2.62. The molecule has 2 aromatic carbocycles. The highest BCUT2D eigenvalue weighted by molar-refractivity contribution is 9.10. The lowest BCUT2D eigenvalue weighted by atomic mass is 10.2. The summed E-state index contributed by atoms with van der Waals surface area (Å²) >= 11 is 10.9. The number of aromatic nitrogens is 3. The van der Waals surface area contributed by atoms with E-state index in [-0.39, 0.29) is 0 Å². The van der Waals surface area contributed by atoms with Crippen molar-refractivity contribution in [1.29, 1.82) is 0 Å². The van der Waals surface area contributed by atoms with Gasteiger partial charge >= 0.3 is 0 Å². The first-order valence-electron chi connectivity index (χ1n) is 8.36. The maximum atomic E-state index is 5.99. The zero-order valence-corrected chi connectivity index (χ0v) is 17.6. The van der Waals surface area contributed by atoms with E-state index in [1.54, 1.807) is 6.20 Å². The van der Waals surface area contributed by atoms with Crippen molar-refractivity contribution >= 4 is 49.7 Å². The van der Waals surface area contributed by atoms with Crippen molar-refractivity contribution in [2.75, 3.05) is 5.32 Å². The van der Waals surface area contributed by atoms with Crippen LogP contribution in [0.15, 0.2) is 71.3 Å². The van der Waals surface area contributed by atoms with Crippen molar-refractivity contribution in [2.45, 2.75) is 6.61 Å². The van der Waals surface area contributed by atoms with E-state index >= 15 is 0 Å². The predicted octanol–water partition coefficient (Wildman–Crippen LogP) is 6.34. The van der Waals surface area contributed by atoms with E-state index in [4.69, 9.17) is 16.3 Å². The molecular weight excluding hydrogens is 460 g/mol. The van der Waals surface area contributed by atoms with Gasteiger partial charge in [-0.2, -0.15) is 0 Å². The first-order valence-corrected chi connectivity index (χ1v) is 10.3. The molecule has 0 amide bonds. The average Bonchev–Trinajstić information content (AvgIpc) is 3.18. The molecule has 28 heavy (non-hydrogen) atoms. The van der Waals surface area contributed by atoms with Crippen LogP contribution in [0, 0.1) is 0 Å². The third kappa shape index (κ3) is 4.67. The van der Waals surface area contributed by atoms with Crippen molar-refractivity contribution in [1.82, 2.24) is 15.2 Å². The Morgan fingerprint density at radius 2 is 1.89 bits per heavy atom. The molecule has 8 heteroatoms. The molecule has 0 fully saturated rings. The minimum atomic E-state index is 0.379. The molecular formula is C20H14BrClN4OS. The highest BCUT2D eigenvalue weighted by atomic mass is 79.9. The largest absolute Gasteiger partial charge is 0.487 e. The second kappa shape index (κ2) is 8.68. The number of hydrogen-bond acceptors (Lipinski definition) is 6. The lowest BCUT2D eigenvalue weighted by Gasteiger charge is -2.10. The fourth-order valence-electron chi connectivity index (χ4n) is 2.47. The fraction of sp³-hybridized carbons (Fsp3) is 0.0500. The van der Waals surface area contributed by atoms with E-state index < -0.39 is 0 Å². The Morgan fingerprint density at radius 3 is 2.68 bits per heavy atom. The van der Waals surface area contributed by atoms with Gasteiger partial charge in [0.2, 0.25) is 5.13 Å². The van der Waals surface area contributed by atoms with Crippen LogP contribution in [0.1, 0.15) is 5.69 Å². The lowest BCUT2D eigenvalue weighted by molar-refractivity contribution is 0.302. The van der Waals surface area contributed by atoms with Gasteiger partial charge in [-0.25, -0.2) is 0 Å². The molecule has 0 aliphatic carbocycles. The van der Waals surface area contributed by atoms with Crippen molar-refractivity contribution in [3.63, 3.8) is 0 Å². The van der Waals surface area contributed by atoms with Gasteiger partial charge in [-0.3, -0.25) is 4.98 Å². The molecule has 4 aromatic rings. The third-order valence-electron chi connectivity index (χ3n) is 3.79. The van der Waals surface area contributed by atoms with Crippen LogP contribution >= 0.6 is 38.9 Å². The zero-order chi connectivity index (χ0) is 19.3. The molecule has 0 unspecified atom stereocenters. The normalized spacial score (nSPS) is 10.6. The average molecular weight is 474 g/mol. The van der Waals surface area contributed by atoms with E-state index in [0.717, 1.165) is 32.2 Å². The maximum absolute atomic E-state index is 5.99. The monoisotopic (exact) mass is 472 g/mol. The molecule has 0 atom stereocenters. The Morgan fingerprint density at radius 1 is 1.04 bits per heavy atom. The van der Waals surface area contributed by atoms with Crippen LogP contribution in [0.2, 0.25) is 5.02 Å². The van der Waals surface area contributed by atoms with Crippen molar-refractivity contribution in [3.8, 4) is 16.3 Å². The summed E-state index contributed by atoms with van der Waals surface area (Å²) in [6.45, 7) is 0.379. The number of nitrogens with one attached hydrogen (secondary N) is 1. The summed E-state index contributed by atoms with van der Waals surface area (Å²) in [5, 5.41) is 13.9. The number of halogens is 2. The molecule has 0 saturated carbocycles. The summed E-state index contributed by atoms with van der Waals surface area (Å²) < 4.78 is 6.93. The van der Waals surface area contributed by atoms with Gasteiger partial charge in [-0.1, -0.05) is 44.9 Å². The summed E-state index contributed by atoms with van der Waals surface area (Å²) in [5.74, 6) is 0.725. The standard InChI is InChI=1S/C20H14BrClN4OS/c21-13-4-9-18(27-12-16-3-1-2-10-23-16)17(11-13)19-25-26-20(28-19)24-15-7-5-14(22)6-8-15/h1-11H,12H2,(H,24,26). The predicted molar refractivity (Wildman–Crippen MR) is 116 cm³/mol. The number of nitrogens with zero attached hydrogens (tertiary/aromatic N) is 3. The highest BCUT2D eigenvalue weighted by Gasteiger charge is 2.14. The minimum absolute atomic E-state index is 0.379. The van der Waals surface area contributed by atoms with Crippen LogP contribution in [0.5, 0.6) is 5.75 Å². The zero-order valence-electron chi connectivity index (χ0n) is 14.5. The Balaban J connectivity index is 1.55. The second-order valence-electron chi connectivity index (χ2n) is 5.79. The first-order chi connectivity index (χ1) is 13.7. The molecule has 4 rings (SSSR count). The molecule has 0 radical (unpaired) electrons. The molecule has 0 spiro atoms. The number of hydrogen-bond donors (Lipinski definition) is 1. The molecule has 0 saturated heterocycles. The summed E-state index contributed by atoms with van der Waals surface area (Å²) in [6, 6.07) is 19.0. The van der Waals surface area contributed by atoms with Gasteiger partial charge in [0.1, 0.15) is 12.4 Å². The van der Waals surface area contributed by atoms with Gasteiger partial charge in [0, 0.05) is 21.4 Å².